The molecule has 2 heterocycles. The molecule has 0 bridgehead atoms. The molecule has 1 atom stereocenters. The second-order valence-corrected chi connectivity index (χ2v) is 7.27. The summed E-state index contributed by atoms with van der Waals surface area (Å²) < 4.78 is 19.1. The second kappa shape index (κ2) is 6.67. The van der Waals surface area contributed by atoms with Crippen LogP contribution in [0.2, 0.25) is 0 Å². The molecule has 4 heteroatoms. The third-order valence-corrected chi connectivity index (χ3v) is 5.71. The zero-order valence-electron chi connectivity index (χ0n) is 14.3. The molecule has 0 N–H and O–H groups in total. The van der Waals surface area contributed by atoms with Gasteiger partial charge in [0.2, 0.25) is 0 Å². The van der Waals surface area contributed by atoms with Crippen molar-refractivity contribution in [2.75, 3.05) is 25.1 Å². The maximum Gasteiger partial charge on any atom is 0.124 e. The smallest absolute Gasteiger partial charge is 0.124 e. The molecule has 1 saturated heterocycles. The lowest BCUT2D eigenvalue weighted by molar-refractivity contribution is 0.181. The van der Waals surface area contributed by atoms with Gasteiger partial charge in [-0.05, 0) is 48.9 Å². The van der Waals surface area contributed by atoms with Crippen LogP contribution >= 0.6 is 0 Å². The van der Waals surface area contributed by atoms with Crippen molar-refractivity contribution >= 4 is 16.6 Å². The van der Waals surface area contributed by atoms with Gasteiger partial charge in [-0.2, -0.15) is 0 Å². The Morgan fingerprint density at radius 2 is 2.00 bits per heavy atom. The lowest BCUT2D eigenvalue weighted by Crippen LogP contribution is -2.40. The van der Waals surface area contributed by atoms with E-state index in [1.807, 2.05) is 0 Å². The van der Waals surface area contributed by atoms with Crippen LogP contribution in [0.1, 0.15) is 37.8 Å². The molecule has 2 aliphatic rings. The van der Waals surface area contributed by atoms with Crippen molar-refractivity contribution in [3.05, 3.63) is 35.8 Å². The van der Waals surface area contributed by atoms with E-state index in [0.717, 1.165) is 47.2 Å². The number of aromatic nitrogens is 1. The standard InChI is InChI=1S/C20H25FN2O/c1-24-13-17-11-20(18-10-16(21)7-8-19(18)22-17)23-9-3-6-15(12-23)14-4-2-5-14/h7-8,10-11,14-15H,2-6,9,12-13H2,1H3. The average Bonchev–Trinajstić information content (AvgIpc) is 2.53. The first kappa shape index (κ1) is 15.8. The first-order valence-corrected chi connectivity index (χ1v) is 9.07. The zero-order chi connectivity index (χ0) is 16.5. The Labute approximate surface area is 142 Å². The van der Waals surface area contributed by atoms with Crippen LogP contribution in [0.3, 0.4) is 0 Å². The molecule has 128 valence electrons. The minimum atomic E-state index is -0.197. The van der Waals surface area contributed by atoms with Crippen LogP contribution in [0.25, 0.3) is 10.9 Å². The summed E-state index contributed by atoms with van der Waals surface area (Å²) in [6.07, 6.45) is 6.73. The van der Waals surface area contributed by atoms with E-state index in [1.165, 1.54) is 38.2 Å². The van der Waals surface area contributed by atoms with Gasteiger partial charge in [-0.25, -0.2) is 4.39 Å². The summed E-state index contributed by atoms with van der Waals surface area (Å²) in [5, 5.41) is 0.920. The van der Waals surface area contributed by atoms with E-state index in [9.17, 15) is 4.39 Å². The molecule has 0 radical (unpaired) electrons. The molecule has 2 aromatic rings. The number of pyridine rings is 1. The number of rotatable bonds is 4. The summed E-state index contributed by atoms with van der Waals surface area (Å²) in [5.41, 5.74) is 2.89. The fourth-order valence-corrected chi connectivity index (χ4v) is 4.24. The van der Waals surface area contributed by atoms with E-state index in [1.54, 1.807) is 19.2 Å². The molecular formula is C20H25FN2O. The summed E-state index contributed by atoms with van der Waals surface area (Å²) in [4.78, 5) is 7.08. The third-order valence-electron chi connectivity index (χ3n) is 5.71. The van der Waals surface area contributed by atoms with Crippen LogP contribution < -0.4 is 4.90 Å². The Hall–Kier alpha value is -1.68. The van der Waals surface area contributed by atoms with E-state index in [0.29, 0.717) is 6.61 Å². The number of anilines is 1. The number of benzene rings is 1. The molecule has 1 unspecified atom stereocenters. The van der Waals surface area contributed by atoms with E-state index in [2.05, 4.69) is 16.0 Å². The van der Waals surface area contributed by atoms with Crippen LogP contribution in [-0.2, 0) is 11.3 Å². The van der Waals surface area contributed by atoms with Crippen molar-refractivity contribution in [1.29, 1.82) is 0 Å². The van der Waals surface area contributed by atoms with Crippen molar-refractivity contribution in [2.45, 2.75) is 38.7 Å². The molecule has 1 aliphatic heterocycles. The number of piperidine rings is 1. The quantitative estimate of drug-likeness (QED) is 0.824. The van der Waals surface area contributed by atoms with Gasteiger partial charge in [0.05, 0.1) is 17.8 Å². The Morgan fingerprint density at radius 3 is 2.75 bits per heavy atom. The molecule has 1 aromatic heterocycles. The highest BCUT2D eigenvalue weighted by Crippen LogP contribution is 2.40. The van der Waals surface area contributed by atoms with Gasteiger partial charge in [0, 0.05) is 31.3 Å². The molecule has 24 heavy (non-hydrogen) atoms. The number of halogens is 1. The van der Waals surface area contributed by atoms with E-state index >= 15 is 0 Å². The van der Waals surface area contributed by atoms with E-state index in [-0.39, 0.29) is 5.82 Å². The number of nitrogens with zero attached hydrogens (tertiary/aromatic N) is 2. The van der Waals surface area contributed by atoms with Crippen LogP contribution in [0.5, 0.6) is 0 Å². The molecule has 1 saturated carbocycles. The van der Waals surface area contributed by atoms with Crippen molar-refractivity contribution in [3.63, 3.8) is 0 Å². The minimum Gasteiger partial charge on any atom is -0.378 e. The van der Waals surface area contributed by atoms with E-state index in [4.69, 9.17) is 4.74 Å². The Balaban J connectivity index is 1.71. The second-order valence-electron chi connectivity index (χ2n) is 7.27. The van der Waals surface area contributed by atoms with Gasteiger partial charge in [-0.15, -0.1) is 0 Å². The van der Waals surface area contributed by atoms with Crippen LogP contribution in [0.15, 0.2) is 24.3 Å². The number of hydrogen-bond acceptors (Lipinski definition) is 3. The highest BCUT2D eigenvalue weighted by Gasteiger charge is 2.31. The van der Waals surface area contributed by atoms with Gasteiger partial charge < -0.3 is 9.64 Å². The molecule has 1 aromatic carbocycles. The first-order valence-electron chi connectivity index (χ1n) is 9.07. The van der Waals surface area contributed by atoms with Crippen LogP contribution in [0.4, 0.5) is 10.1 Å². The minimum absolute atomic E-state index is 0.197. The van der Waals surface area contributed by atoms with Gasteiger partial charge in [-0.1, -0.05) is 19.3 Å². The van der Waals surface area contributed by atoms with Gasteiger partial charge in [-0.3, -0.25) is 4.98 Å². The van der Waals surface area contributed by atoms with Crippen molar-refractivity contribution in [2.24, 2.45) is 11.8 Å². The van der Waals surface area contributed by atoms with Gasteiger partial charge >= 0.3 is 0 Å². The zero-order valence-corrected chi connectivity index (χ0v) is 14.3. The normalized spacial score (nSPS) is 21.9. The predicted octanol–water partition coefficient (Wildman–Crippen LogP) is 4.54. The largest absolute Gasteiger partial charge is 0.378 e. The average molecular weight is 328 g/mol. The lowest BCUT2D eigenvalue weighted by Gasteiger charge is -2.42. The summed E-state index contributed by atoms with van der Waals surface area (Å²) in [7, 11) is 1.68. The maximum atomic E-state index is 13.8. The number of ether oxygens (including phenoxy) is 1. The SMILES string of the molecule is COCc1cc(N2CCCC(C3CCC3)C2)c2cc(F)ccc2n1. The van der Waals surface area contributed by atoms with Gasteiger partial charge in [0.1, 0.15) is 5.82 Å². The Morgan fingerprint density at radius 1 is 1.17 bits per heavy atom. The first-order chi connectivity index (χ1) is 11.7. The molecule has 2 fully saturated rings. The van der Waals surface area contributed by atoms with Gasteiger partial charge in [0.25, 0.3) is 0 Å². The van der Waals surface area contributed by atoms with Crippen LogP contribution in [-0.4, -0.2) is 25.2 Å². The van der Waals surface area contributed by atoms with Crippen LogP contribution in [0, 0.1) is 17.7 Å². The predicted molar refractivity (Wildman–Crippen MR) is 94.7 cm³/mol. The number of methoxy groups -OCH3 is 1. The molecular weight excluding hydrogens is 303 g/mol. The van der Waals surface area contributed by atoms with Gasteiger partial charge in [0.15, 0.2) is 0 Å². The summed E-state index contributed by atoms with van der Waals surface area (Å²) in [5.74, 6) is 1.49. The lowest BCUT2D eigenvalue weighted by atomic mass is 9.73. The monoisotopic (exact) mass is 328 g/mol. The fourth-order valence-electron chi connectivity index (χ4n) is 4.24. The summed E-state index contributed by atoms with van der Waals surface area (Å²) in [6, 6.07) is 6.99. The summed E-state index contributed by atoms with van der Waals surface area (Å²) in [6.45, 7) is 2.62. The van der Waals surface area contributed by atoms with Crippen molar-refractivity contribution in [3.8, 4) is 0 Å². The van der Waals surface area contributed by atoms with Crippen molar-refractivity contribution < 1.29 is 9.13 Å². The molecule has 3 nitrogen and oxygen atoms in total. The highest BCUT2D eigenvalue weighted by atomic mass is 19.1. The third kappa shape index (κ3) is 3.00. The summed E-state index contributed by atoms with van der Waals surface area (Å²) >= 11 is 0. The molecule has 4 rings (SSSR count). The topological polar surface area (TPSA) is 25.4 Å². The van der Waals surface area contributed by atoms with E-state index < -0.39 is 0 Å². The Kier molecular flexibility index (Phi) is 4.40. The number of fused-ring (bicyclic) bond motifs is 1. The maximum absolute atomic E-state index is 13.8. The molecule has 0 amide bonds. The Bertz CT molecular complexity index is 729. The highest BCUT2D eigenvalue weighted by molar-refractivity contribution is 5.92. The molecule has 0 spiro atoms. The number of hydrogen-bond donors (Lipinski definition) is 0. The van der Waals surface area contributed by atoms with Crippen molar-refractivity contribution in [1.82, 2.24) is 4.98 Å². The molecule has 1 aliphatic carbocycles. The fraction of sp³-hybridized carbons (Fsp3) is 0.550.